The van der Waals surface area contributed by atoms with Gasteiger partial charge in [-0.1, -0.05) is 30.3 Å². The van der Waals surface area contributed by atoms with E-state index in [-0.39, 0.29) is 0 Å². The van der Waals surface area contributed by atoms with Crippen molar-refractivity contribution in [1.82, 2.24) is 14.5 Å². The second-order valence-corrected chi connectivity index (χ2v) is 5.67. The molecule has 4 aromatic rings. The Kier molecular flexibility index (Phi) is 3.85. The number of anilines is 1. The molecule has 0 bridgehead atoms. The normalized spacial score (nSPS) is 10.5. The van der Waals surface area contributed by atoms with Crippen molar-refractivity contribution in [2.24, 2.45) is 0 Å². The molecule has 1 N–H and O–H groups in total. The molecule has 0 atom stereocenters. The highest BCUT2D eigenvalue weighted by Gasteiger charge is 2.05. The molecular weight excluding hydrogens is 310 g/mol. The molecule has 0 aliphatic carbocycles. The Morgan fingerprint density at radius 3 is 2.68 bits per heavy atom. The zero-order valence-corrected chi connectivity index (χ0v) is 13.4. The average molecular weight is 325 g/mol. The summed E-state index contributed by atoms with van der Waals surface area (Å²) in [5.74, 6) is 0.703. The Balaban J connectivity index is 1.53. The number of hydrogen-bond acceptors (Lipinski definition) is 4. The largest absolute Gasteiger partial charge is 0.366 e. The maximum atomic E-state index is 9.35. The van der Waals surface area contributed by atoms with Crippen LogP contribution >= 0.6 is 0 Å². The van der Waals surface area contributed by atoms with Gasteiger partial charge < -0.3 is 9.88 Å². The topological polar surface area (TPSA) is 66.5 Å². The molecule has 2 heterocycles. The lowest BCUT2D eigenvalue weighted by Gasteiger charge is -2.09. The molecule has 0 radical (unpaired) electrons. The van der Waals surface area contributed by atoms with Crippen LogP contribution in [0.5, 0.6) is 0 Å². The average Bonchev–Trinajstić information content (AvgIpc) is 3.21. The minimum Gasteiger partial charge on any atom is -0.366 e. The molecular formula is C20H15N5. The van der Waals surface area contributed by atoms with Crippen molar-refractivity contribution < 1.29 is 0 Å². The predicted molar refractivity (Wildman–Crippen MR) is 97.3 cm³/mol. The first kappa shape index (κ1) is 14.9. The van der Waals surface area contributed by atoms with Crippen LogP contribution in [0.3, 0.4) is 0 Å². The fourth-order valence-corrected chi connectivity index (χ4v) is 2.75. The number of benzene rings is 2. The van der Waals surface area contributed by atoms with E-state index in [1.807, 2.05) is 47.2 Å². The van der Waals surface area contributed by atoms with Gasteiger partial charge in [0.15, 0.2) is 0 Å². The summed E-state index contributed by atoms with van der Waals surface area (Å²) in [6.07, 6.45) is 5.44. The Morgan fingerprint density at radius 2 is 1.92 bits per heavy atom. The Hall–Kier alpha value is -3.65. The molecule has 0 aliphatic rings. The summed E-state index contributed by atoms with van der Waals surface area (Å²) in [5.41, 5.74) is 3.65. The summed E-state index contributed by atoms with van der Waals surface area (Å²) < 4.78 is 1.96. The van der Waals surface area contributed by atoms with Crippen molar-refractivity contribution in [3.63, 3.8) is 0 Å². The summed E-state index contributed by atoms with van der Waals surface area (Å²) >= 11 is 0. The first-order valence-corrected chi connectivity index (χ1v) is 7.94. The summed E-state index contributed by atoms with van der Waals surface area (Å²) in [5, 5.41) is 13.5. The lowest BCUT2D eigenvalue weighted by molar-refractivity contribution is 1.05. The minimum absolute atomic E-state index is 0.628. The number of imidazole rings is 1. The van der Waals surface area contributed by atoms with Crippen LogP contribution in [0.25, 0.3) is 16.6 Å². The highest BCUT2D eigenvalue weighted by Crippen LogP contribution is 2.20. The smallest absolute Gasteiger partial charge is 0.128 e. The SMILES string of the molecule is N#Cc1cc(NCc2ccc(-n3ccnc3)cc2)nc2ccccc12. The number of aromatic nitrogens is 3. The zero-order chi connectivity index (χ0) is 17.1. The predicted octanol–water partition coefficient (Wildman–Crippen LogP) is 3.90. The summed E-state index contributed by atoms with van der Waals surface area (Å²) in [6.45, 7) is 0.639. The highest BCUT2D eigenvalue weighted by molar-refractivity contribution is 5.86. The van der Waals surface area contributed by atoms with Gasteiger partial charge in [0, 0.05) is 30.0 Å². The maximum Gasteiger partial charge on any atom is 0.128 e. The van der Waals surface area contributed by atoms with Crippen LogP contribution in [0.15, 0.2) is 73.3 Å². The summed E-state index contributed by atoms with van der Waals surface area (Å²) in [4.78, 5) is 8.64. The molecule has 5 nitrogen and oxygen atoms in total. The van der Waals surface area contributed by atoms with Crippen LogP contribution in [-0.2, 0) is 6.54 Å². The number of nitrogens with zero attached hydrogens (tertiary/aromatic N) is 4. The second kappa shape index (κ2) is 6.46. The number of para-hydroxylation sites is 1. The van der Waals surface area contributed by atoms with Crippen LogP contribution in [0.4, 0.5) is 5.82 Å². The quantitative estimate of drug-likeness (QED) is 0.618. The van der Waals surface area contributed by atoms with Crippen molar-refractivity contribution in [1.29, 1.82) is 5.26 Å². The minimum atomic E-state index is 0.628. The molecule has 120 valence electrons. The first-order valence-electron chi connectivity index (χ1n) is 7.94. The van der Waals surface area contributed by atoms with E-state index in [1.54, 1.807) is 18.6 Å². The number of fused-ring (bicyclic) bond motifs is 1. The van der Waals surface area contributed by atoms with E-state index in [9.17, 15) is 5.26 Å². The van der Waals surface area contributed by atoms with Crippen molar-refractivity contribution in [2.75, 3.05) is 5.32 Å². The van der Waals surface area contributed by atoms with Crippen molar-refractivity contribution in [3.8, 4) is 11.8 Å². The van der Waals surface area contributed by atoms with Gasteiger partial charge in [-0.05, 0) is 29.8 Å². The number of nitriles is 1. The lowest BCUT2D eigenvalue weighted by atomic mass is 10.1. The molecule has 5 heteroatoms. The summed E-state index contributed by atoms with van der Waals surface area (Å²) in [6, 6.07) is 19.9. The number of pyridine rings is 1. The molecule has 25 heavy (non-hydrogen) atoms. The molecule has 2 aromatic carbocycles. The van der Waals surface area contributed by atoms with Gasteiger partial charge in [-0.2, -0.15) is 5.26 Å². The second-order valence-electron chi connectivity index (χ2n) is 5.67. The van der Waals surface area contributed by atoms with Crippen molar-refractivity contribution in [2.45, 2.75) is 6.54 Å². The van der Waals surface area contributed by atoms with E-state index >= 15 is 0 Å². The molecule has 0 unspecified atom stereocenters. The van der Waals surface area contributed by atoms with Gasteiger partial charge in [-0.25, -0.2) is 9.97 Å². The van der Waals surface area contributed by atoms with Crippen LogP contribution in [0, 0.1) is 11.3 Å². The molecule has 0 saturated heterocycles. The molecule has 0 fully saturated rings. The number of nitrogens with one attached hydrogen (secondary N) is 1. The molecule has 2 aromatic heterocycles. The van der Waals surface area contributed by atoms with E-state index in [4.69, 9.17) is 0 Å². The summed E-state index contributed by atoms with van der Waals surface area (Å²) in [7, 11) is 0. The van der Waals surface area contributed by atoms with E-state index in [2.05, 4.69) is 33.5 Å². The lowest BCUT2D eigenvalue weighted by Crippen LogP contribution is -2.02. The Labute approximate surface area is 145 Å². The number of hydrogen-bond donors (Lipinski definition) is 1. The Bertz CT molecular complexity index is 1040. The van der Waals surface area contributed by atoms with Crippen LogP contribution in [-0.4, -0.2) is 14.5 Å². The molecule has 0 amide bonds. The fraction of sp³-hybridized carbons (Fsp3) is 0.0500. The van der Waals surface area contributed by atoms with Gasteiger partial charge in [0.2, 0.25) is 0 Å². The monoisotopic (exact) mass is 325 g/mol. The third-order valence-electron chi connectivity index (χ3n) is 4.05. The van der Waals surface area contributed by atoms with Crippen molar-refractivity contribution in [3.05, 3.63) is 84.4 Å². The van der Waals surface area contributed by atoms with E-state index < -0.39 is 0 Å². The Morgan fingerprint density at radius 1 is 1.08 bits per heavy atom. The van der Waals surface area contributed by atoms with Gasteiger partial charge in [0.1, 0.15) is 5.82 Å². The van der Waals surface area contributed by atoms with E-state index in [1.165, 1.54) is 0 Å². The highest BCUT2D eigenvalue weighted by atomic mass is 15.0. The third kappa shape index (κ3) is 3.06. The van der Waals surface area contributed by atoms with Gasteiger partial charge in [-0.3, -0.25) is 0 Å². The molecule has 0 saturated carbocycles. The maximum absolute atomic E-state index is 9.35. The number of rotatable bonds is 4. The van der Waals surface area contributed by atoms with E-state index in [0.29, 0.717) is 17.9 Å². The molecule has 0 spiro atoms. The zero-order valence-electron chi connectivity index (χ0n) is 13.4. The van der Waals surface area contributed by atoms with Crippen LogP contribution < -0.4 is 5.32 Å². The van der Waals surface area contributed by atoms with Gasteiger partial charge >= 0.3 is 0 Å². The standard InChI is InChI=1S/C20H15N5/c21-12-16-11-20(24-19-4-2-1-3-18(16)19)23-13-15-5-7-17(8-6-15)25-10-9-22-14-25/h1-11,14H,13H2,(H,23,24). The van der Waals surface area contributed by atoms with Gasteiger partial charge in [0.25, 0.3) is 0 Å². The fourth-order valence-electron chi connectivity index (χ4n) is 2.75. The first-order chi connectivity index (χ1) is 12.3. The van der Waals surface area contributed by atoms with Crippen LogP contribution in [0.1, 0.15) is 11.1 Å². The van der Waals surface area contributed by atoms with E-state index in [0.717, 1.165) is 22.2 Å². The third-order valence-corrected chi connectivity index (χ3v) is 4.05. The van der Waals surface area contributed by atoms with Gasteiger partial charge in [0.05, 0.1) is 23.5 Å². The molecule has 0 aliphatic heterocycles. The van der Waals surface area contributed by atoms with Gasteiger partial charge in [-0.15, -0.1) is 0 Å². The van der Waals surface area contributed by atoms with Crippen LogP contribution in [0.2, 0.25) is 0 Å². The molecule has 4 rings (SSSR count). The van der Waals surface area contributed by atoms with Crippen molar-refractivity contribution >= 4 is 16.7 Å².